The van der Waals surface area contributed by atoms with Gasteiger partial charge >= 0.3 is 6.18 Å². The first kappa shape index (κ1) is 24.0. The van der Waals surface area contributed by atoms with Crippen LogP contribution < -0.4 is 16.0 Å². The van der Waals surface area contributed by atoms with Crippen molar-refractivity contribution < 1.29 is 18.0 Å². The fourth-order valence-electron chi connectivity index (χ4n) is 3.35. The van der Waals surface area contributed by atoms with E-state index >= 15 is 0 Å². The van der Waals surface area contributed by atoms with Gasteiger partial charge < -0.3 is 16.0 Å². The van der Waals surface area contributed by atoms with E-state index in [1.165, 1.54) is 12.1 Å². The van der Waals surface area contributed by atoms with Crippen molar-refractivity contribution in [1.29, 1.82) is 0 Å². The summed E-state index contributed by atoms with van der Waals surface area (Å²) in [4.78, 5) is 18.7. The quantitative estimate of drug-likeness (QED) is 0.462. The van der Waals surface area contributed by atoms with Crippen molar-refractivity contribution in [2.75, 3.05) is 33.2 Å². The van der Waals surface area contributed by atoms with Gasteiger partial charge in [0.1, 0.15) is 0 Å². The van der Waals surface area contributed by atoms with Gasteiger partial charge in [0.25, 0.3) is 0 Å². The Morgan fingerprint density at radius 2 is 1.90 bits per heavy atom. The third kappa shape index (κ3) is 6.90. The third-order valence-electron chi connectivity index (χ3n) is 5.12. The van der Waals surface area contributed by atoms with Gasteiger partial charge in [-0.05, 0) is 44.9 Å². The Labute approximate surface area is 176 Å². The van der Waals surface area contributed by atoms with E-state index in [-0.39, 0.29) is 11.9 Å². The second kappa shape index (κ2) is 10.1. The van der Waals surface area contributed by atoms with Crippen molar-refractivity contribution in [2.24, 2.45) is 10.4 Å². The molecular weight excluding hydrogens is 395 g/mol. The van der Waals surface area contributed by atoms with Crippen LogP contribution in [0.25, 0.3) is 0 Å². The summed E-state index contributed by atoms with van der Waals surface area (Å²) < 4.78 is 38.1. The van der Waals surface area contributed by atoms with Gasteiger partial charge in [0.05, 0.1) is 17.5 Å². The van der Waals surface area contributed by atoms with Crippen LogP contribution in [-0.4, -0.2) is 56.0 Å². The van der Waals surface area contributed by atoms with Crippen molar-refractivity contribution in [3.05, 3.63) is 35.4 Å². The average molecular weight is 428 g/mol. The van der Waals surface area contributed by atoms with E-state index in [1.807, 2.05) is 20.8 Å². The monoisotopic (exact) mass is 427 g/mol. The number of carbonyl (C=O) groups excluding carboxylic acids is 1. The molecule has 0 radical (unpaired) electrons. The lowest BCUT2D eigenvalue weighted by atomic mass is 9.93. The van der Waals surface area contributed by atoms with Crippen LogP contribution in [0.4, 0.5) is 13.2 Å². The Morgan fingerprint density at radius 3 is 2.47 bits per heavy atom. The largest absolute Gasteiger partial charge is 0.416 e. The molecule has 1 aliphatic rings. The molecule has 0 saturated carbocycles. The molecule has 1 heterocycles. The number of nitrogens with one attached hydrogen (secondary N) is 3. The molecule has 6 nitrogen and oxygen atoms in total. The number of nitrogens with zero attached hydrogens (tertiary/aromatic N) is 2. The van der Waals surface area contributed by atoms with E-state index in [1.54, 1.807) is 7.05 Å². The first-order valence-corrected chi connectivity index (χ1v) is 10.2. The van der Waals surface area contributed by atoms with E-state index in [0.717, 1.165) is 37.2 Å². The second-order valence-corrected chi connectivity index (χ2v) is 8.22. The molecule has 1 amide bonds. The molecule has 0 spiro atoms. The van der Waals surface area contributed by atoms with Gasteiger partial charge in [-0.15, -0.1) is 0 Å². The van der Waals surface area contributed by atoms with Crippen molar-refractivity contribution in [3.8, 4) is 0 Å². The van der Waals surface area contributed by atoms with Crippen molar-refractivity contribution in [1.82, 2.24) is 20.9 Å². The smallest absolute Gasteiger partial charge is 0.359 e. The highest BCUT2D eigenvalue weighted by molar-refractivity contribution is 5.83. The van der Waals surface area contributed by atoms with Gasteiger partial charge in [0, 0.05) is 39.3 Å². The first-order chi connectivity index (χ1) is 14.0. The molecule has 30 heavy (non-hydrogen) atoms. The molecule has 0 bridgehead atoms. The topological polar surface area (TPSA) is 68.8 Å². The Hall–Kier alpha value is -2.29. The number of halogens is 3. The Morgan fingerprint density at radius 1 is 1.23 bits per heavy atom. The highest BCUT2D eigenvalue weighted by atomic mass is 19.4. The lowest BCUT2D eigenvalue weighted by Crippen LogP contribution is -2.45. The lowest BCUT2D eigenvalue weighted by molar-refractivity contribution is -0.137. The van der Waals surface area contributed by atoms with Crippen LogP contribution in [-0.2, 0) is 17.5 Å². The minimum atomic E-state index is -4.31. The van der Waals surface area contributed by atoms with Gasteiger partial charge in [-0.3, -0.25) is 14.7 Å². The number of benzene rings is 1. The number of aliphatic imine (C=N–C) groups is 1. The highest BCUT2D eigenvalue weighted by Gasteiger charge is 2.30. The van der Waals surface area contributed by atoms with Crippen molar-refractivity contribution >= 4 is 11.9 Å². The third-order valence-corrected chi connectivity index (χ3v) is 5.12. The molecule has 1 aromatic rings. The molecular formula is C21H32F3N5O. The zero-order valence-electron chi connectivity index (χ0n) is 18.1. The average Bonchev–Trinajstić information content (AvgIpc) is 3.12. The maximum absolute atomic E-state index is 12.7. The van der Waals surface area contributed by atoms with E-state index < -0.39 is 17.2 Å². The highest BCUT2D eigenvalue weighted by Crippen LogP contribution is 2.29. The summed E-state index contributed by atoms with van der Waals surface area (Å²) in [6.07, 6.45) is -3.40. The van der Waals surface area contributed by atoms with E-state index in [4.69, 9.17) is 0 Å². The summed E-state index contributed by atoms with van der Waals surface area (Å²) in [7, 11) is 1.61. The number of guanidine groups is 1. The minimum Gasteiger partial charge on any atom is -0.359 e. The van der Waals surface area contributed by atoms with Crippen LogP contribution in [0.3, 0.4) is 0 Å². The summed E-state index contributed by atoms with van der Waals surface area (Å²) in [5.41, 5.74) is -0.378. The molecule has 0 aromatic heterocycles. The van der Waals surface area contributed by atoms with Gasteiger partial charge in [-0.1, -0.05) is 12.1 Å². The number of carbonyl (C=O) groups is 1. The zero-order chi connectivity index (χ0) is 22.4. The number of hydrogen-bond acceptors (Lipinski definition) is 3. The van der Waals surface area contributed by atoms with Crippen LogP contribution >= 0.6 is 0 Å². The molecule has 0 aliphatic carbocycles. The van der Waals surface area contributed by atoms with E-state index in [2.05, 4.69) is 25.8 Å². The Kier molecular flexibility index (Phi) is 8.11. The summed E-state index contributed by atoms with van der Waals surface area (Å²) in [5, 5.41) is 9.27. The van der Waals surface area contributed by atoms with Gasteiger partial charge in [0.2, 0.25) is 5.91 Å². The van der Waals surface area contributed by atoms with Crippen LogP contribution in [0.1, 0.15) is 38.3 Å². The van der Waals surface area contributed by atoms with Gasteiger partial charge in [-0.2, -0.15) is 13.2 Å². The Bertz CT molecular complexity index is 731. The number of rotatable bonds is 7. The molecule has 1 saturated heterocycles. The van der Waals surface area contributed by atoms with Crippen LogP contribution in [0.15, 0.2) is 29.3 Å². The normalized spacial score (nSPS) is 18.4. The summed E-state index contributed by atoms with van der Waals surface area (Å²) in [6, 6.07) is 5.52. The summed E-state index contributed by atoms with van der Waals surface area (Å²) in [5.74, 6) is 0.599. The van der Waals surface area contributed by atoms with Crippen molar-refractivity contribution in [3.63, 3.8) is 0 Å². The molecule has 1 aromatic carbocycles. The van der Waals surface area contributed by atoms with Crippen LogP contribution in [0, 0.1) is 5.41 Å². The first-order valence-electron chi connectivity index (χ1n) is 10.2. The molecule has 1 unspecified atom stereocenters. The number of amides is 1. The molecule has 1 aliphatic heterocycles. The number of hydrogen-bond donors (Lipinski definition) is 3. The summed E-state index contributed by atoms with van der Waals surface area (Å²) >= 11 is 0. The van der Waals surface area contributed by atoms with E-state index in [0.29, 0.717) is 25.6 Å². The standard InChI is InChI=1S/C21H32F3N5O/c1-5-26-19(27-14-20(2,3)18(30)25-4)28-17-10-11-29(13-17)12-15-6-8-16(9-7-15)21(22,23)24/h6-9,17H,5,10-14H2,1-4H3,(H,25,30)(H2,26,27,28). The molecule has 1 fully saturated rings. The predicted molar refractivity (Wildman–Crippen MR) is 112 cm³/mol. The molecule has 2 rings (SSSR count). The Balaban J connectivity index is 1.91. The van der Waals surface area contributed by atoms with Gasteiger partial charge in [0.15, 0.2) is 5.96 Å². The zero-order valence-corrected chi connectivity index (χ0v) is 18.1. The molecule has 3 N–H and O–H groups in total. The molecule has 9 heteroatoms. The SMILES string of the molecule is CCNC(=NCC(C)(C)C(=O)NC)NC1CCN(Cc2ccc(C(F)(F)F)cc2)C1. The maximum Gasteiger partial charge on any atom is 0.416 e. The predicted octanol–water partition coefficient (Wildman–Crippen LogP) is 2.61. The van der Waals surface area contributed by atoms with Crippen molar-refractivity contribution in [2.45, 2.75) is 46.0 Å². The fourth-order valence-corrected chi connectivity index (χ4v) is 3.35. The van der Waals surface area contributed by atoms with E-state index in [9.17, 15) is 18.0 Å². The molecule has 1 atom stereocenters. The number of likely N-dealkylation sites (tertiary alicyclic amines) is 1. The fraction of sp³-hybridized carbons (Fsp3) is 0.619. The van der Waals surface area contributed by atoms with Crippen LogP contribution in [0.2, 0.25) is 0 Å². The van der Waals surface area contributed by atoms with Crippen LogP contribution in [0.5, 0.6) is 0 Å². The second-order valence-electron chi connectivity index (χ2n) is 8.22. The lowest BCUT2D eigenvalue weighted by Gasteiger charge is -2.22. The maximum atomic E-state index is 12.7. The summed E-state index contributed by atoms with van der Waals surface area (Å²) in [6.45, 7) is 8.95. The molecule has 168 valence electrons. The minimum absolute atomic E-state index is 0.0642. The number of alkyl halides is 3. The van der Waals surface area contributed by atoms with Gasteiger partial charge in [-0.25, -0.2) is 0 Å².